The highest BCUT2D eigenvalue weighted by atomic mass is 19.4. The average molecular weight is 379 g/mol. The third-order valence-electron chi connectivity index (χ3n) is 3.68. The Morgan fingerprint density at radius 2 is 1.85 bits per heavy atom. The van der Waals surface area contributed by atoms with Gasteiger partial charge in [-0.25, -0.2) is 9.67 Å². The van der Waals surface area contributed by atoms with Crippen LogP contribution < -0.4 is 9.47 Å². The van der Waals surface area contributed by atoms with Gasteiger partial charge in [0, 0.05) is 11.6 Å². The predicted octanol–water partition coefficient (Wildman–Crippen LogP) is 3.33. The van der Waals surface area contributed by atoms with Gasteiger partial charge in [0.1, 0.15) is 12.4 Å². The number of aromatic nitrogens is 3. The Hall–Kier alpha value is -3.07. The number of methoxy groups -OCH3 is 1. The third kappa shape index (κ3) is 4.20. The first kappa shape index (κ1) is 18.7. The Morgan fingerprint density at radius 3 is 2.41 bits per heavy atom. The van der Waals surface area contributed by atoms with Crippen LogP contribution in [0, 0.1) is 0 Å². The van der Waals surface area contributed by atoms with Crippen molar-refractivity contribution in [1.29, 1.82) is 0 Å². The topological polar surface area (TPSA) is 69.4 Å². The summed E-state index contributed by atoms with van der Waals surface area (Å²) < 4.78 is 51.0. The number of rotatable bonds is 6. The van der Waals surface area contributed by atoms with E-state index < -0.39 is 11.9 Å². The Labute approximate surface area is 152 Å². The van der Waals surface area contributed by atoms with Crippen molar-refractivity contribution in [2.45, 2.75) is 6.18 Å². The van der Waals surface area contributed by atoms with Gasteiger partial charge in [-0.1, -0.05) is 0 Å². The molecule has 27 heavy (non-hydrogen) atoms. The number of aliphatic hydroxyl groups is 1. The molecule has 0 radical (unpaired) electrons. The van der Waals surface area contributed by atoms with Crippen LogP contribution in [-0.2, 0) is 6.18 Å². The van der Waals surface area contributed by atoms with Crippen molar-refractivity contribution in [1.82, 2.24) is 14.8 Å². The molecule has 142 valence electrons. The van der Waals surface area contributed by atoms with Crippen LogP contribution in [0.15, 0.2) is 48.7 Å². The fourth-order valence-corrected chi connectivity index (χ4v) is 2.43. The van der Waals surface area contributed by atoms with E-state index >= 15 is 0 Å². The maximum absolute atomic E-state index is 13.2. The van der Waals surface area contributed by atoms with Crippen molar-refractivity contribution in [3.05, 3.63) is 54.4 Å². The summed E-state index contributed by atoms with van der Waals surface area (Å²) in [5.41, 5.74) is 0.129. The molecule has 0 saturated carbocycles. The number of aliphatic hydroxyl groups excluding tert-OH is 1. The van der Waals surface area contributed by atoms with Gasteiger partial charge in [-0.05, 0) is 36.4 Å². The summed E-state index contributed by atoms with van der Waals surface area (Å²) in [5, 5.41) is 12.5. The SMILES string of the molecule is COc1ccc(-n2nc(C(F)(F)F)cc2-c2ccc(OCCO)cc2)cn1. The standard InChI is InChI=1S/C18H16F3N3O3/c1-26-17-7-4-13(11-22-17)24-15(10-16(23-24)18(19,20)21)12-2-5-14(6-3-12)27-9-8-25/h2-7,10-11,25H,8-9H2,1H3. The number of halogens is 3. The van der Waals surface area contributed by atoms with Gasteiger partial charge < -0.3 is 14.6 Å². The molecule has 0 aliphatic heterocycles. The highest BCUT2D eigenvalue weighted by Crippen LogP contribution is 2.33. The second-order valence-corrected chi connectivity index (χ2v) is 5.48. The molecule has 0 saturated heterocycles. The number of pyridine rings is 1. The molecule has 0 aliphatic carbocycles. The van der Waals surface area contributed by atoms with Gasteiger partial charge in [-0.15, -0.1) is 0 Å². The molecule has 0 bridgehead atoms. The van der Waals surface area contributed by atoms with Crippen LogP contribution in [0.4, 0.5) is 13.2 Å². The van der Waals surface area contributed by atoms with E-state index in [9.17, 15) is 13.2 Å². The number of benzene rings is 1. The Balaban J connectivity index is 2.03. The minimum Gasteiger partial charge on any atom is -0.491 e. The van der Waals surface area contributed by atoms with Crippen LogP contribution in [0.3, 0.4) is 0 Å². The summed E-state index contributed by atoms with van der Waals surface area (Å²) in [7, 11) is 1.45. The predicted molar refractivity (Wildman–Crippen MR) is 90.9 cm³/mol. The van der Waals surface area contributed by atoms with Gasteiger partial charge in [-0.2, -0.15) is 18.3 Å². The van der Waals surface area contributed by atoms with E-state index in [0.29, 0.717) is 22.9 Å². The Morgan fingerprint density at radius 1 is 1.11 bits per heavy atom. The average Bonchev–Trinajstić information content (AvgIpc) is 3.13. The molecule has 3 rings (SSSR count). The van der Waals surface area contributed by atoms with Crippen LogP contribution in [0.25, 0.3) is 16.9 Å². The van der Waals surface area contributed by atoms with Crippen LogP contribution in [0.5, 0.6) is 11.6 Å². The molecule has 0 aliphatic rings. The highest BCUT2D eigenvalue weighted by molar-refractivity contribution is 5.63. The van der Waals surface area contributed by atoms with Crippen LogP contribution in [0.1, 0.15) is 5.69 Å². The van der Waals surface area contributed by atoms with E-state index in [-0.39, 0.29) is 18.9 Å². The highest BCUT2D eigenvalue weighted by Gasteiger charge is 2.35. The molecule has 0 atom stereocenters. The van der Waals surface area contributed by atoms with Crippen molar-refractivity contribution >= 4 is 0 Å². The van der Waals surface area contributed by atoms with E-state index in [1.807, 2.05) is 0 Å². The first-order valence-corrected chi connectivity index (χ1v) is 7.94. The van der Waals surface area contributed by atoms with Gasteiger partial charge in [0.25, 0.3) is 0 Å². The van der Waals surface area contributed by atoms with Gasteiger partial charge in [0.2, 0.25) is 5.88 Å². The number of hydrogen-bond acceptors (Lipinski definition) is 5. The van der Waals surface area contributed by atoms with Crippen LogP contribution in [0.2, 0.25) is 0 Å². The minimum atomic E-state index is -4.58. The Kier molecular flexibility index (Phi) is 5.31. The Bertz CT molecular complexity index is 891. The van der Waals surface area contributed by atoms with Gasteiger partial charge in [0.05, 0.1) is 31.3 Å². The van der Waals surface area contributed by atoms with E-state index in [0.717, 1.165) is 6.07 Å². The largest absolute Gasteiger partial charge is 0.491 e. The summed E-state index contributed by atoms with van der Waals surface area (Å²) in [5.74, 6) is 0.843. The zero-order chi connectivity index (χ0) is 19.4. The molecule has 2 aromatic heterocycles. The molecule has 9 heteroatoms. The second kappa shape index (κ2) is 7.67. The molecule has 0 amide bonds. The number of alkyl halides is 3. The van der Waals surface area contributed by atoms with Gasteiger partial charge in [-0.3, -0.25) is 0 Å². The van der Waals surface area contributed by atoms with Crippen LogP contribution in [-0.4, -0.2) is 40.2 Å². The smallest absolute Gasteiger partial charge is 0.435 e. The van der Waals surface area contributed by atoms with Crippen molar-refractivity contribution < 1.29 is 27.8 Å². The normalized spacial score (nSPS) is 11.4. The van der Waals surface area contributed by atoms with Gasteiger partial charge >= 0.3 is 6.18 Å². The summed E-state index contributed by atoms with van der Waals surface area (Å²) in [4.78, 5) is 4.02. The van der Waals surface area contributed by atoms with Gasteiger partial charge in [0.15, 0.2) is 5.69 Å². The molecule has 0 unspecified atom stereocenters. The quantitative estimate of drug-likeness (QED) is 0.712. The number of hydrogen-bond donors (Lipinski definition) is 1. The van der Waals surface area contributed by atoms with E-state index in [2.05, 4.69) is 10.1 Å². The molecule has 1 aromatic carbocycles. The maximum Gasteiger partial charge on any atom is 0.435 e. The summed E-state index contributed by atoms with van der Waals surface area (Å²) in [6.45, 7) is 0.000945. The van der Waals surface area contributed by atoms with Crippen molar-refractivity contribution in [2.75, 3.05) is 20.3 Å². The molecule has 0 fully saturated rings. The fourth-order valence-electron chi connectivity index (χ4n) is 2.43. The third-order valence-corrected chi connectivity index (χ3v) is 3.68. The van der Waals surface area contributed by atoms with E-state index in [1.54, 1.807) is 36.4 Å². The lowest BCUT2D eigenvalue weighted by molar-refractivity contribution is -0.141. The first-order valence-electron chi connectivity index (χ1n) is 7.94. The molecule has 6 nitrogen and oxygen atoms in total. The molecule has 0 spiro atoms. The summed E-state index contributed by atoms with van der Waals surface area (Å²) in [6, 6.07) is 10.6. The lowest BCUT2D eigenvalue weighted by Gasteiger charge is -2.09. The first-order chi connectivity index (χ1) is 12.9. The summed E-state index contributed by atoms with van der Waals surface area (Å²) >= 11 is 0. The van der Waals surface area contributed by atoms with Crippen molar-refractivity contribution in [2.24, 2.45) is 0 Å². The molecular weight excluding hydrogens is 363 g/mol. The monoisotopic (exact) mass is 379 g/mol. The summed E-state index contributed by atoms with van der Waals surface area (Å²) in [6.07, 6.45) is -3.20. The van der Waals surface area contributed by atoms with Crippen LogP contribution >= 0.6 is 0 Å². The van der Waals surface area contributed by atoms with E-state index in [1.165, 1.54) is 18.0 Å². The zero-order valence-corrected chi connectivity index (χ0v) is 14.3. The molecule has 3 aromatic rings. The molecule has 2 heterocycles. The molecule has 1 N–H and O–H groups in total. The second-order valence-electron chi connectivity index (χ2n) is 5.48. The number of ether oxygens (including phenoxy) is 2. The fraction of sp³-hybridized carbons (Fsp3) is 0.222. The lowest BCUT2D eigenvalue weighted by atomic mass is 10.1. The van der Waals surface area contributed by atoms with Crippen molar-refractivity contribution in [3.8, 4) is 28.6 Å². The maximum atomic E-state index is 13.2. The number of nitrogens with zero attached hydrogens (tertiary/aromatic N) is 3. The lowest BCUT2D eigenvalue weighted by Crippen LogP contribution is -2.07. The molecular formula is C18H16F3N3O3. The minimum absolute atomic E-state index is 0.131. The van der Waals surface area contributed by atoms with Crippen molar-refractivity contribution in [3.63, 3.8) is 0 Å². The van der Waals surface area contributed by atoms with E-state index in [4.69, 9.17) is 14.6 Å². The zero-order valence-electron chi connectivity index (χ0n) is 14.3.